The van der Waals surface area contributed by atoms with Crippen LogP contribution in [-0.4, -0.2) is 9.97 Å². The first kappa shape index (κ1) is 12.1. The molecule has 5 heteroatoms. The lowest BCUT2D eigenvalue weighted by Gasteiger charge is -2.15. The van der Waals surface area contributed by atoms with Crippen LogP contribution in [0.25, 0.3) is 0 Å². The summed E-state index contributed by atoms with van der Waals surface area (Å²) in [5.74, 6) is 0.571. The van der Waals surface area contributed by atoms with E-state index in [1.807, 2.05) is 31.2 Å². The van der Waals surface area contributed by atoms with Crippen molar-refractivity contribution in [1.29, 1.82) is 0 Å². The van der Waals surface area contributed by atoms with Crippen LogP contribution in [0.15, 0.2) is 36.7 Å². The molecule has 1 atom stereocenters. The van der Waals surface area contributed by atoms with Gasteiger partial charge in [0.25, 0.3) is 0 Å². The monoisotopic (exact) mass is 267 g/mol. The first-order valence-electron chi connectivity index (χ1n) is 5.15. The summed E-state index contributed by atoms with van der Waals surface area (Å²) >= 11 is 11.9. The van der Waals surface area contributed by atoms with E-state index in [0.717, 1.165) is 5.56 Å². The summed E-state index contributed by atoms with van der Waals surface area (Å²) in [6, 6.07) is 7.71. The van der Waals surface area contributed by atoms with E-state index in [0.29, 0.717) is 16.0 Å². The van der Waals surface area contributed by atoms with Crippen LogP contribution < -0.4 is 5.32 Å². The fourth-order valence-electron chi connectivity index (χ4n) is 1.48. The minimum absolute atomic E-state index is 0.0582. The number of hydrogen-bond acceptors (Lipinski definition) is 3. The molecule has 2 rings (SSSR count). The zero-order chi connectivity index (χ0) is 12.3. The molecule has 0 saturated carbocycles. The van der Waals surface area contributed by atoms with Gasteiger partial charge in [0, 0.05) is 17.4 Å². The highest BCUT2D eigenvalue weighted by atomic mass is 35.5. The number of anilines is 1. The molecule has 1 unspecified atom stereocenters. The molecule has 1 aromatic carbocycles. The molecule has 0 spiro atoms. The number of benzene rings is 1. The predicted octanol–water partition coefficient (Wildman–Crippen LogP) is 3.96. The number of rotatable bonds is 3. The molecule has 0 amide bonds. The Balaban J connectivity index is 2.17. The molecule has 1 N–H and O–H groups in total. The lowest BCUT2D eigenvalue weighted by atomic mass is 10.1. The molecule has 2 aromatic rings. The van der Waals surface area contributed by atoms with Crippen molar-refractivity contribution in [3.05, 3.63) is 52.4 Å². The minimum atomic E-state index is 0.0582. The van der Waals surface area contributed by atoms with Crippen LogP contribution >= 0.6 is 23.2 Å². The molecule has 0 radical (unpaired) electrons. The lowest BCUT2D eigenvalue weighted by Crippen LogP contribution is -2.08. The second-order valence-electron chi connectivity index (χ2n) is 3.62. The molecule has 0 aliphatic rings. The Morgan fingerprint density at radius 3 is 2.65 bits per heavy atom. The normalized spacial score (nSPS) is 12.2. The second-order valence-corrected chi connectivity index (χ2v) is 4.41. The topological polar surface area (TPSA) is 37.8 Å². The molecule has 17 heavy (non-hydrogen) atoms. The lowest BCUT2D eigenvalue weighted by molar-refractivity contribution is 0.871. The van der Waals surface area contributed by atoms with Crippen LogP contribution in [-0.2, 0) is 0 Å². The molecular formula is C12H11Cl2N3. The molecular weight excluding hydrogens is 257 g/mol. The molecule has 0 aliphatic heterocycles. The maximum absolute atomic E-state index is 5.94. The largest absolute Gasteiger partial charge is 0.361 e. The van der Waals surface area contributed by atoms with E-state index in [4.69, 9.17) is 23.2 Å². The molecule has 1 heterocycles. The van der Waals surface area contributed by atoms with Crippen molar-refractivity contribution < 1.29 is 0 Å². The summed E-state index contributed by atoms with van der Waals surface area (Å²) in [7, 11) is 0. The molecule has 3 nitrogen and oxygen atoms in total. The van der Waals surface area contributed by atoms with E-state index in [2.05, 4.69) is 15.3 Å². The van der Waals surface area contributed by atoms with Crippen molar-refractivity contribution in [3.63, 3.8) is 0 Å². The van der Waals surface area contributed by atoms with E-state index in [9.17, 15) is 0 Å². The van der Waals surface area contributed by atoms with Crippen molar-refractivity contribution in [2.75, 3.05) is 5.32 Å². The van der Waals surface area contributed by atoms with E-state index >= 15 is 0 Å². The quantitative estimate of drug-likeness (QED) is 0.915. The third-order valence-electron chi connectivity index (χ3n) is 2.36. The summed E-state index contributed by atoms with van der Waals surface area (Å²) in [5, 5.41) is 4.26. The van der Waals surface area contributed by atoms with Crippen molar-refractivity contribution in [2.24, 2.45) is 0 Å². The van der Waals surface area contributed by atoms with Crippen LogP contribution in [0, 0.1) is 0 Å². The molecule has 0 bridgehead atoms. The maximum atomic E-state index is 5.94. The number of nitrogens with one attached hydrogen (secondary N) is 1. The van der Waals surface area contributed by atoms with Gasteiger partial charge in [-0.1, -0.05) is 35.3 Å². The molecule has 1 aromatic heterocycles. The highest BCUT2D eigenvalue weighted by Crippen LogP contribution is 2.23. The van der Waals surface area contributed by atoms with Crippen LogP contribution in [0.3, 0.4) is 0 Å². The summed E-state index contributed by atoms with van der Waals surface area (Å²) in [6.45, 7) is 2.01. The molecule has 88 valence electrons. The SMILES string of the molecule is CC(Nc1nccnc1Cl)c1cccc(Cl)c1. The first-order chi connectivity index (χ1) is 8.16. The Labute approximate surface area is 110 Å². The van der Waals surface area contributed by atoms with Crippen LogP contribution in [0.1, 0.15) is 18.5 Å². The third-order valence-corrected chi connectivity index (χ3v) is 2.87. The van der Waals surface area contributed by atoms with Crippen molar-refractivity contribution in [2.45, 2.75) is 13.0 Å². The Bertz CT molecular complexity index is 517. The summed E-state index contributed by atoms with van der Waals surface area (Å²) in [5.41, 5.74) is 1.07. The molecule has 0 saturated heterocycles. The van der Waals surface area contributed by atoms with E-state index in [-0.39, 0.29) is 6.04 Å². The van der Waals surface area contributed by atoms with E-state index in [1.54, 1.807) is 12.4 Å². The van der Waals surface area contributed by atoms with Gasteiger partial charge in [-0.2, -0.15) is 0 Å². The van der Waals surface area contributed by atoms with Gasteiger partial charge in [-0.15, -0.1) is 0 Å². The summed E-state index contributed by atoms with van der Waals surface area (Å²) < 4.78 is 0. The molecule has 0 fully saturated rings. The Kier molecular flexibility index (Phi) is 3.82. The number of hydrogen-bond donors (Lipinski definition) is 1. The van der Waals surface area contributed by atoms with Gasteiger partial charge in [-0.25, -0.2) is 9.97 Å². The van der Waals surface area contributed by atoms with E-state index in [1.165, 1.54) is 0 Å². The number of aromatic nitrogens is 2. The standard InChI is InChI=1S/C12H11Cl2N3/c1-8(9-3-2-4-10(13)7-9)17-12-11(14)15-5-6-16-12/h2-8H,1H3,(H,16,17). The van der Waals surface area contributed by atoms with Gasteiger partial charge < -0.3 is 5.32 Å². The Hall–Kier alpha value is -1.32. The highest BCUT2D eigenvalue weighted by Gasteiger charge is 2.09. The van der Waals surface area contributed by atoms with Gasteiger partial charge in [0.2, 0.25) is 0 Å². The van der Waals surface area contributed by atoms with Crippen molar-refractivity contribution in [3.8, 4) is 0 Å². The summed E-state index contributed by atoms with van der Waals surface area (Å²) in [4.78, 5) is 8.09. The van der Waals surface area contributed by atoms with Gasteiger partial charge in [0.1, 0.15) is 0 Å². The maximum Gasteiger partial charge on any atom is 0.171 e. The second kappa shape index (κ2) is 5.34. The van der Waals surface area contributed by atoms with Gasteiger partial charge in [-0.3, -0.25) is 0 Å². The van der Waals surface area contributed by atoms with Gasteiger partial charge in [-0.05, 0) is 24.6 Å². The third kappa shape index (κ3) is 3.08. The Morgan fingerprint density at radius 2 is 1.94 bits per heavy atom. The smallest absolute Gasteiger partial charge is 0.171 e. The van der Waals surface area contributed by atoms with Gasteiger partial charge >= 0.3 is 0 Å². The fraction of sp³-hybridized carbons (Fsp3) is 0.167. The van der Waals surface area contributed by atoms with E-state index < -0.39 is 0 Å². The zero-order valence-corrected chi connectivity index (χ0v) is 10.7. The Morgan fingerprint density at radius 1 is 1.18 bits per heavy atom. The first-order valence-corrected chi connectivity index (χ1v) is 5.91. The number of nitrogens with zero attached hydrogens (tertiary/aromatic N) is 2. The van der Waals surface area contributed by atoms with Crippen LogP contribution in [0.5, 0.6) is 0 Å². The number of halogens is 2. The van der Waals surface area contributed by atoms with Crippen LogP contribution in [0.4, 0.5) is 5.82 Å². The average Bonchev–Trinajstić information content (AvgIpc) is 2.32. The highest BCUT2D eigenvalue weighted by molar-refractivity contribution is 6.31. The average molecular weight is 268 g/mol. The molecule has 0 aliphatic carbocycles. The predicted molar refractivity (Wildman–Crippen MR) is 70.5 cm³/mol. The fourth-order valence-corrected chi connectivity index (χ4v) is 1.84. The van der Waals surface area contributed by atoms with Gasteiger partial charge in [0.15, 0.2) is 11.0 Å². The minimum Gasteiger partial charge on any atom is -0.361 e. The van der Waals surface area contributed by atoms with Crippen molar-refractivity contribution >= 4 is 29.0 Å². The zero-order valence-electron chi connectivity index (χ0n) is 9.19. The van der Waals surface area contributed by atoms with Crippen molar-refractivity contribution in [1.82, 2.24) is 9.97 Å². The summed E-state index contributed by atoms with van der Waals surface area (Å²) in [6.07, 6.45) is 3.15. The van der Waals surface area contributed by atoms with Gasteiger partial charge in [0.05, 0.1) is 6.04 Å². The van der Waals surface area contributed by atoms with Crippen LogP contribution in [0.2, 0.25) is 10.2 Å².